The van der Waals surface area contributed by atoms with Crippen molar-refractivity contribution in [3.63, 3.8) is 0 Å². The van der Waals surface area contributed by atoms with Crippen LogP contribution in [0, 0.1) is 5.82 Å². The van der Waals surface area contributed by atoms with Gasteiger partial charge in [0.05, 0.1) is 14.2 Å². The molecule has 1 N–H and O–H groups in total. The van der Waals surface area contributed by atoms with E-state index in [2.05, 4.69) is 4.98 Å². The second-order valence-electron chi connectivity index (χ2n) is 9.41. The molecule has 2 amide bonds. The third-order valence-electron chi connectivity index (χ3n) is 7.36. The lowest BCUT2D eigenvalue weighted by Gasteiger charge is -2.47. The smallest absolute Gasteiger partial charge is 0.246 e. The summed E-state index contributed by atoms with van der Waals surface area (Å²) < 4.78 is 24.6. The molecule has 8 heteroatoms. The Morgan fingerprint density at radius 3 is 2.54 bits per heavy atom. The van der Waals surface area contributed by atoms with Crippen molar-refractivity contribution in [2.45, 2.75) is 25.0 Å². The standard InChI is InChI=1S/C29H26FN3O4/c1-36-19-11-12-25(37-2)22(13-19)28-27-21(20-5-3-4-6-23(20)31-27)14-24-29(35)32(16-26(34)33(24)28)15-17-7-9-18(30)10-8-17/h3-13,24,28,31H,14-16H2,1-2H3/t24-,28+/m0/s1. The van der Waals surface area contributed by atoms with E-state index < -0.39 is 12.1 Å². The van der Waals surface area contributed by atoms with Crippen LogP contribution in [0.3, 0.4) is 0 Å². The van der Waals surface area contributed by atoms with Crippen LogP contribution in [0.1, 0.15) is 28.4 Å². The van der Waals surface area contributed by atoms with Crippen LogP contribution >= 0.6 is 0 Å². The Labute approximate surface area is 213 Å². The Morgan fingerprint density at radius 2 is 1.78 bits per heavy atom. The van der Waals surface area contributed by atoms with E-state index in [-0.39, 0.29) is 30.7 Å². The first-order valence-corrected chi connectivity index (χ1v) is 12.1. The molecule has 2 aliphatic rings. The van der Waals surface area contributed by atoms with Crippen LogP contribution < -0.4 is 9.47 Å². The van der Waals surface area contributed by atoms with Crippen molar-refractivity contribution in [2.75, 3.05) is 20.8 Å². The molecule has 37 heavy (non-hydrogen) atoms. The van der Waals surface area contributed by atoms with E-state index in [1.54, 1.807) is 36.2 Å². The van der Waals surface area contributed by atoms with Gasteiger partial charge in [0.25, 0.3) is 0 Å². The lowest BCUT2D eigenvalue weighted by molar-refractivity contribution is -0.159. The van der Waals surface area contributed by atoms with Gasteiger partial charge in [0.2, 0.25) is 11.8 Å². The Bertz CT molecular complexity index is 1510. The molecule has 0 bridgehead atoms. The number of benzene rings is 3. The summed E-state index contributed by atoms with van der Waals surface area (Å²) in [4.78, 5) is 34.5. The number of aromatic nitrogens is 1. The van der Waals surface area contributed by atoms with Crippen LogP contribution in [0.4, 0.5) is 4.39 Å². The van der Waals surface area contributed by atoms with E-state index in [0.29, 0.717) is 17.9 Å². The zero-order chi connectivity index (χ0) is 25.7. The van der Waals surface area contributed by atoms with Crippen molar-refractivity contribution in [1.82, 2.24) is 14.8 Å². The maximum Gasteiger partial charge on any atom is 0.246 e. The third-order valence-corrected chi connectivity index (χ3v) is 7.36. The summed E-state index contributed by atoms with van der Waals surface area (Å²) in [6, 6.07) is 18.2. The molecule has 6 rings (SSSR count). The number of aromatic amines is 1. The normalized spacial score (nSPS) is 19.1. The van der Waals surface area contributed by atoms with E-state index in [1.165, 1.54) is 12.1 Å². The van der Waals surface area contributed by atoms with Gasteiger partial charge in [-0.25, -0.2) is 4.39 Å². The lowest BCUT2D eigenvalue weighted by Crippen LogP contribution is -2.62. The van der Waals surface area contributed by atoms with Gasteiger partial charge in [-0.1, -0.05) is 30.3 Å². The molecule has 2 aliphatic heterocycles. The van der Waals surface area contributed by atoms with Crippen molar-refractivity contribution in [1.29, 1.82) is 0 Å². The third kappa shape index (κ3) is 3.80. The molecule has 0 unspecified atom stereocenters. The average Bonchev–Trinajstić information content (AvgIpc) is 3.29. The summed E-state index contributed by atoms with van der Waals surface area (Å²) in [5.74, 6) is 0.595. The van der Waals surface area contributed by atoms with Gasteiger partial charge in [-0.2, -0.15) is 0 Å². The van der Waals surface area contributed by atoms with Gasteiger partial charge >= 0.3 is 0 Å². The molecule has 0 aliphatic carbocycles. The molecule has 4 aromatic rings. The highest BCUT2D eigenvalue weighted by Gasteiger charge is 2.48. The molecular formula is C29H26FN3O4. The molecule has 0 saturated carbocycles. The van der Waals surface area contributed by atoms with Crippen LogP contribution in [-0.2, 0) is 22.6 Å². The fourth-order valence-electron chi connectivity index (χ4n) is 5.65. The molecule has 1 fully saturated rings. The van der Waals surface area contributed by atoms with Crippen molar-refractivity contribution >= 4 is 22.7 Å². The van der Waals surface area contributed by atoms with E-state index in [4.69, 9.17) is 9.47 Å². The average molecular weight is 500 g/mol. The van der Waals surface area contributed by atoms with Gasteiger partial charge in [-0.3, -0.25) is 9.59 Å². The molecule has 2 atom stereocenters. The van der Waals surface area contributed by atoms with Crippen LogP contribution in [0.5, 0.6) is 11.5 Å². The van der Waals surface area contributed by atoms with Gasteiger partial charge in [0.1, 0.15) is 35.9 Å². The molecule has 7 nitrogen and oxygen atoms in total. The van der Waals surface area contributed by atoms with Crippen LogP contribution in [-0.4, -0.2) is 53.4 Å². The number of amides is 2. The number of rotatable bonds is 5. The first kappa shape index (κ1) is 23.1. The second kappa shape index (κ2) is 8.96. The summed E-state index contributed by atoms with van der Waals surface area (Å²) in [5.41, 5.74) is 4.34. The maximum absolute atomic E-state index is 13.9. The number of H-pyrrole nitrogens is 1. The largest absolute Gasteiger partial charge is 0.497 e. The summed E-state index contributed by atoms with van der Waals surface area (Å²) in [5, 5.41) is 1.03. The number of hydrogen-bond acceptors (Lipinski definition) is 4. The number of methoxy groups -OCH3 is 2. The van der Waals surface area contributed by atoms with E-state index >= 15 is 0 Å². The molecular weight excluding hydrogens is 473 g/mol. The number of carbonyl (C=O) groups is 2. The Kier molecular flexibility index (Phi) is 5.59. The van der Waals surface area contributed by atoms with E-state index in [1.807, 2.05) is 42.5 Å². The topological polar surface area (TPSA) is 74.9 Å². The number of carbonyl (C=O) groups excluding carboxylic acids is 2. The maximum atomic E-state index is 13.9. The zero-order valence-corrected chi connectivity index (χ0v) is 20.5. The van der Waals surface area contributed by atoms with Crippen molar-refractivity contribution in [3.8, 4) is 11.5 Å². The first-order valence-electron chi connectivity index (χ1n) is 12.1. The summed E-state index contributed by atoms with van der Waals surface area (Å²) in [6.45, 7) is 0.175. The van der Waals surface area contributed by atoms with Crippen LogP contribution in [0.15, 0.2) is 66.7 Å². The summed E-state index contributed by atoms with van der Waals surface area (Å²) >= 11 is 0. The van der Waals surface area contributed by atoms with Gasteiger partial charge in [-0.05, 0) is 47.5 Å². The van der Waals surface area contributed by atoms with Gasteiger partial charge in [0, 0.05) is 35.1 Å². The number of halogens is 1. The highest BCUT2D eigenvalue weighted by atomic mass is 19.1. The van der Waals surface area contributed by atoms with E-state index in [9.17, 15) is 14.0 Å². The van der Waals surface area contributed by atoms with Gasteiger partial charge < -0.3 is 24.3 Å². The highest BCUT2D eigenvalue weighted by Crippen LogP contribution is 2.45. The first-order chi connectivity index (χ1) is 18.0. The quantitative estimate of drug-likeness (QED) is 0.447. The lowest BCUT2D eigenvalue weighted by atomic mass is 9.85. The zero-order valence-electron chi connectivity index (χ0n) is 20.5. The predicted molar refractivity (Wildman–Crippen MR) is 136 cm³/mol. The van der Waals surface area contributed by atoms with Crippen molar-refractivity contribution in [2.24, 2.45) is 0 Å². The van der Waals surface area contributed by atoms with Gasteiger partial charge in [0.15, 0.2) is 0 Å². The number of fused-ring (bicyclic) bond motifs is 4. The minimum atomic E-state index is -0.686. The Morgan fingerprint density at radius 1 is 1.00 bits per heavy atom. The number of ether oxygens (including phenoxy) is 2. The Hall–Kier alpha value is -4.33. The number of nitrogens with zero attached hydrogens (tertiary/aromatic N) is 2. The molecule has 3 heterocycles. The van der Waals surface area contributed by atoms with Gasteiger partial charge in [-0.15, -0.1) is 0 Å². The molecule has 3 aromatic carbocycles. The minimum absolute atomic E-state index is 0.0644. The SMILES string of the molecule is COc1ccc(OC)c([C@@H]2c3[nH]c4ccccc4c3C[C@H]3C(=O)N(Cc4ccc(F)cc4)CC(=O)N23)c1. The molecule has 0 spiro atoms. The Balaban J connectivity index is 1.48. The highest BCUT2D eigenvalue weighted by molar-refractivity contribution is 5.97. The van der Waals surface area contributed by atoms with Crippen molar-refractivity contribution < 1.29 is 23.5 Å². The van der Waals surface area contributed by atoms with Crippen LogP contribution in [0.25, 0.3) is 10.9 Å². The van der Waals surface area contributed by atoms with Crippen LogP contribution in [0.2, 0.25) is 0 Å². The number of para-hydroxylation sites is 1. The van der Waals surface area contributed by atoms with E-state index in [0.717, 1.165) is 33.3 Å². The monoisotopic (exact) mass is 499 g/mol. The second-order valence-corrected chi connectivity index (χ2v) is 9.41. The predicted octanol–water partition coefficient (Wildman–Crippen LogP) is 4.21. The summed E-state index contributed by atoms with van der Waals surface area (Å²) in [7, 11) is 3.18. The number of piperazine rings is 1. The number of hydrogen-bond donors (Lipinski definition) is 1. The molecule has 188 valence electrons. The number of nitrogens with one attached hydrogen (secondary N) is 1. The van der Waals surface area contributed by atoms with Crippen molar-refractivity contribution in [3.05, 3.63) is 94.9 Å². The fourth-order valence-corrected chi connectivity index (χ4v) is 5.65. The molecule has 1 saturated heterocycles. The molecule has 0 radical (unpaired) electrons. The molecule has 1 aromatic heterocycles. The summed E-state index contributed by atoms with van der Waals surface area (Å²) in [6.07, 6.45) is 0.395. The fraction of sp³-hybridized carbons (Fsp3) is 0.241. The minimum Gasteiger partial charge on any atom is -0.497 e.